The van der Waals surface area contributed by atoms with E-state index in [-0.39, 0.29) is 0 Å². The van der Waals surface area contributed by atoms with Crippen molar-refractivity contribution in [3.05, 3.63) is 0 Å². The zero-order valence-electron chi connectivity index (χ0n) is 10.2. The molecular weight excluding hydrogens is 186 g/mol. The first-order valence-corrected chi connectivity index (χ1v) is 6.39. The minimum atomic E-state index is 0.787. The van der Waals surface area contributed by atoms with Crippen LogP contribution in [0.3, 0.4) is 0 Å². The van der Waals surface area contributed by atoms with Crippen molar-refractivity contribution < 1.29 is 0 Å². The average Bonchev–Trinajstić information content (AvgIpc) is 2.74. The molecule has 2 rings (SSSR count). The fraction of sp³-hybridized carbons (Fsp3) is 1.00. The van der Waals surface area contributed by atoms with Gasteiger partial charge in [-0.05, 0) is 59.4 Å². The van der Waals surface area contributed by atoms with E-state index in [1.54, 1.807) is 0 Å². The second-order valence-corrected chi connectivity index (χ2v) is 5.25. The fourth-order valence-electron chi connectivity index (χ4n) is 3.00. The van der Waals surface area contributed by atoms with E-state index in [2.05, 4.69) is 29.2 Å². The maximum Gasteiger partial charge on any atom is 0.0250 e. The Hall–Kier alpha value is -0.120. The lowest BCUT2D eigenvalue weighted by Crippen LogP contribution is -2.40. The van der Waals surface area contributed by atoms with Crippen molar-refractivity contribution in [3.8, 4) is 0 Å². The number of nitrogens with one attached hydrogen (secondary N) is 1. The summed E-state index contributed by atoms with van der Waals surface area (Å²) in [4.78, 5) is 4.93. The lowest BCUT2D eigenvalue weighted by Gasteiger charge is -2.21. The molecule has 0 aromatic rings. The number of nitrogens with zero attached hydrogens (tertiary/aromatic N) is 2. The van der Waals surface area contributed by atoms with Crippen molar-refractivity contribution >= 4 is 0 Å². The Balaban J connectivity index is 1.63. The van der Waals surface area contributed by atoms with Crippen LogP contribution in [-0.2, 0) is 0 Å². The number of fused-ring (bicyclic) bond motifs is 1. The first-order valence-electron chi connectivity index (χ1n) is 6.39. The molecule has 2 heterocycles. The molecule has 0 amide bonds. The van der Waals surface area contributed by atoms with Crippen molar-refractivity contribution in [3.63, 3.8) is 0 Å². The zero-order chi connectivity index (χ0) is 10.7. The van der Waals surface area contributed by atoms with Gasteiger partial charge in [0, 0.05) is 18.6 Å². The Morgan fingerprint density at radius 1 is 1.27 bits per heavy atom. The molecule has 2 unspecified atom stereocenters. The van der Waals surface area contributed by atoms with Gasteiger partial charge in [0.15, 0.2) is 0 Å². The molecule has 88 valence electrons. The molecule has 0 spiro atoms. The van der Waals surface area contributed by atoms with E-state index in [0.717, 1.165) is 12.1 Å². The highest BCUT2D eigenvalue weighted by Gasteiger charge is 2.36. The molecule has 2 atom stereocenters. The van der Waals surface area contributed by atoms with Gasteiger partial charge in [0.1, 0.15) is 0 Å². The highest BCUT2D eigenvalue weighted by Crippen LogP contribution is 2.27. The van der Waals surface area contributed by atoms with Crippen molar-refractivity contribution in [2.45, 2.75) is 37.8 Å². The molecule has 0 aliphatic carbocycles. The maximum absolute atomic E-state index is 3.74. The van der Waals surface area contributed by atoms with Crippen LogP contribution in [0, 0.1) is 0 Å². The number of hydrogen-bond donors (Lipinski definition) is 1. The molecule has 0 aromatic carbocycles. The van der Waals surface area contributed by atoms with Crippen molar-refractivity contribution in [2.24, 2.45) is 0 Å². The van der Waals surface area contributed by atoms with E-state index in [4.69, 9.17) is 0 Å². The van der Waals surface area contributed by atoms with E-state index in [0.29, 0.717) is 0 Å². The van der Waals surface area contributed by atoms with Gasteiger partial charge in [-0.1, -0.05) is 0 Å². The smallest absolute Gasteiger partial charge is 0.0250 e. The van der Waals surface area contributed by atoms with Gasteiger partial charge < -0.3 is 10.2 Å². The maximum atomic E-state index is 3.74. The summed E-state index contributed by atoms with van der Waals surface area (Å²) in [7, 11) is 4.29. The van der Waals surface area contributed by atoms with Gasteiger partial charge in [-0.15, -0.1) is 0 Å². The summed E-state index contributed by atoms with van der Waals surface area (Å²) in [5.74, 6) is 0. The third-order valence-corrected chi connectivity index (χ3v) is 3.79. The Kier molecular flexibility index (Phi) is 4.00. The van der Waals surface area contributed by atoms with Crippen LogP contribution in [0.5, 0.6) is 0 Å². The third kappa shape index (κ3) is 2.92. The van der Waals surface area contributed by atoms with E-state index in [9.17, 15) is 0 Å². The fourth-order valence-corrected chi connectivity index (χ4v) is 3.00. The van der Waals surface area contributed by atoms with Gasteiger partial charge in [-0.2, -0.15) is 0 Å². The predicted octanol–water partition coefficient (Wildman–Crippen LogP) is 0.764. The quantitative estimate of drug-likeness (QED) is 0.678. The van der Waals surface area contributed by atoms with Gasteiger partial charge in [0.25, 0.3) is 0 Å². The van der Waals surface area contributed by atoms with Crippen LogP contribution in [0.2, 0.25) is 0 Å². The largest absolute Gasteiger partial charge is 0.312 e. The molecule has 0 bridgehead atoms. The van der Waals surface area contributed by atoms with Crippen LogP contribution < -0.4 is 5.32 Å². The molecular formula is C12H25N3. The molecule has 0 aromatic heterocycles. The minimum absolute atomic E-state index is 0.787. The third-order valence-electron chi connectivity index (χ3n) is 3.79. The van der Waals surface area contributed by atoms with E-state index in [1.807, 2.05) is 0 Å². The Bertz CT molecular complexity index is 193. The van der Waals surface area contributed by atoms with Crippen LogP contribution in [0.25, 0.3) is 0 Å². The van der Waals surface area contributed by atoms with Gasteiger partial charge in [-0.3, -0.25) is 4.90 Å². The molecule has 3 heteroatoms. The summed E-state index contributed by atoms with van der Waals surface area (Å²) in [5.41, 5.74) is 0. The SMILES string of the molecule is CN(C)CCCNC1CCN2CCCC12. The summed E-state index contributed by atoms with van der Waals surface area (Å²) in [6, 6.07) is 1.65. The second-order valence-electron chi connectivity index (χ2n) is 5.25. The van der Waals surface area contributed by atoms with Crippen LogP contribution >= 0.6 is 0 Å². The minimum Gasteiger partial charge on any atom is -0.312 e. The van der Waals surface area contributed by atoms with Crippen LogP contribution in [0.15, 0.2) is 0 Å². The molecule has 2 aliphatic rings. The Labute approximate surface area is 93.8 Å². The summed E-state index contributed by atoms with van der Waals surface area (Å²) in [5, 5.41) is 3.74. The van der Waals surface area contributed by atoms with Gasteiger partial charge in [0.2, 0.25) is 0 Å². The van der Waals surface area contributed by atoms with E-state index >= 15 is 0 Å². The molecule has 2 fully saturated rings. The zero-order valence-corrected chi connectivity index (χ0v) is 10.2. The van der Waals surface area contributed by atoms with Crippen LogP contribution in [0.1, 0.15) is 25.7 Å². The number of hydrogen-bond acceptors (Lipinski definition) is 3. The normalized spacial score (nSPS) is 31.4. The van der Waals surface area contributed by atoms with Gasteiger partial charge in [0.05, 0.1) is 0 Å². The Morgan fingerprint density at radius 3 is 2.93 bits per heavy atom. The molecule has 0 saturated carbocycles. The molecule has 2 saturated heterocycles. The summed E-state index contributed by atoms with van der Waals surface area (Å²) < 4.78 is 0. The molecule has 15 heavy (non-hydrogen) atoms. The highest BCUT2D eigenvalue weighted by atomic mass is 15.2. The molecule has 2 aliphatic heterocycles. The molecule has 1 N–H and O–H groups in total. The average molecular weight is 211 g/mol. The van der Waals surface area contributed by atoms with E-state index in [1.165, 1.54) is 51.9 Å². The predicted molar refractivity (Wildman–Crippen MR) is 64.2 cm³/mol. The summed E-state index contributed by atoms with van der Waals surface area (Å²) >= 11 is 0. The second kappa shape index (κ2) is 5.28. The van der Waals surface area contributed by atoms with Crippen molar-refractivity contribution in [1.29, 1.82) is 0 Å². The van der Waals surface area contributed by atoms with Crippen molar-refractivity contribution in [2.75, 3.05) is 40.3 Å². The lowest BCUT2D eigenvalue weighted by molar-refractivity contribution is 0.296. The topological polar surface area (TPSA) is 18.5 Å². The summed E-state index contributed by atoms with van der Waals surface area (Å²) in [6.45, 7) is 5.07. The highest BCUT2D eigenvalue weighted by molar-refractivity contribution is 4.95. The van der Waals surface area contributed by atoms with E-state index < -0.39 is 0 Å². The van der Waals surface area contributed by atoms with Gasteiger partial charge >= 0.3 is 0 Å². The van der Waals surface area contributed by atoms with Gasteiger partial charge in [-0.25, -0.2) is 0 Å². The van der Waals surface area contributed by atoms with Crippen LogP contribution in [-0.4, -0.2) is 62.2 Å². The number of rotatable bonds is 5. The lowest BCUT2D eigenvalue weighted by atomic mass is 10.1. The standard InChI is InChI=1S/C12H25N3/c1-14(2)8-4-7-13-11-6-10-15-9-3-5-12(11)15/h11-13H,3-10H2,1-2H3. The first-order chi connectivity index (χ1) is 7.27. The van der Waals surface area contributed by atoms with Crippen molar-refractivity contribution in [1.82, 2.24) is 15.1 Å². The monoisotopic (exact) mass is 211 g/mol. The Morgan fingerprint density at radius 2 is 2.13 bits per heavy atom. The summed E-state index contributed by atoms with van der Waals surface area (Å²) in [6.07, 6.45) is 5.48. The first kappa shape index (κ1) is 11.4. The molecule has 0 radical (unpaired) electrons. The van der Waals surface area contributed by atoms with Crippen LogP contribution in [0.4, 0.5) is 0 Å². The molecule has 3 nitrogen and oxygen atoms in total.